The standard InChI is InChI=1S/C13H9F4N3O/c14-10-2-1-7(5-9(10)13(15,16)17)20-12(21)8-3-4-19-6-11(8)18/h1-6H,18H2,(H,20,21). The van der Waals surface area contributed by atoms with E-state index in [1.807, 2.05) is 0 Å². The Morgan fingerprint density at radius 3 is 2.57 bits per heavy atom. The third kappa shape index (κ3) is 3.28. The second-order valence-corrected chi connectivity index (χ2v) is 4.11. The minimum absolute atomic E-state index is 0.0582. The van der Waals surface area contributed by atoms with Crippen molar-refractivity contribution in [3.63, 3.8) is 0 Å². The van der Waals surface area contributed by atoms with Crippen LogP contribution in [0.4, 0.5) is 28.9 Å². The number of hydrogen-bond donors (Lipinski definition) is 2. The van der Waals surface area contributed by atoms with Gasteiger partial charge in [0.1, 0.15) is 5.82 Å². The monoisotopic (exact) mass is 299 g/mol. The normalized spacial score (nSPS) is 11.2. The van der Waals surface area contributed by atoms with Crippen LogP contribution in [0.1, 0.15) is 15.9 Å². The van der Waals surface area contributed by atoms with Crippen molar-refractivity contribution in [2.45, 2.75) is 6.18 Å². The van der Waals surface area contributed by atoms with E-state index < -0.39 is 23.5 Å². The predicted octanol–water partition coefficient (Wildman–Crippen LogP) is 3.07. The molecule has 0 aliphatic carbocycles. The average Bonchev–Trinajstić information content (AvgIpc) is 2.40. The number of benzene rings is 1. The Hall–Kier alpha value is -2.64. The third-order valence-electron chi connectivity index (χ3n) is 2.63. The zero-order valence-electron chi connectivity index (χ0n) is 10.4. The van der Waals surface area contributed by atoms with E-state index in [1.165, 1.54) is 18.5 Å². The van der Waals surface area contributed by atoms with Crippen LogP contribution < -0.4 is 11.1 Å². The largest absolute Gasteiger partial charge is 0.419 e. The first-order chi connectivity index (χ1) is 9.79. The molecule has 0 radical (unpaired) electrons. The van der Waals surface area contributed by atoms with Gasteiger partial charge in [-0.25, -0.2) is 4.39 Å². The summed E-state index contributed by atoms with van der Waals surface area (Å²) in [6.45, 7) is 0. The topological polar surface area (TPSA) is 68.0 Å². The van der Waals surface area contributed by atoms with Crippen LogP contribution in [0, 0.1) is 5.82 Å². The lowest BCUT2D eigenvalue weighted by Crippen LogP contribution is -2.15. The number of amides is 1. The van der Waals surface area contributed by atoms with Gasteiger partial charge in [0.15, 0.2) is 0 Å². The molecule has 1 aromatic heterocycles. The smallest absolute Gasteiger partial charge is 0.397 e. The molecule has 1 amide bonds. The summed E-state index contributed by atoms with van der Waals surface area (Å²) in [5, 5.41) is 2.23. The maximum Gasteiger partial charge on any atom is 0.419 e. The summed E-state index contributed by atoms with van der Waals surface area (Å²) in [5.74, 6) is -2.13. The Bertz CT molecular complexity index is 685. The lowest BCUT2D eigenvalue weighted by Gasteiger charge is -2.11. The van der Waals surface area contributed by atoms with Gasteiger partial charge in [0.25, 0.3) is 5.91 Å². The number of nitrogens with two attached hydrogens (primary N) is 1. The van der Waals surface area contributed by atoms with E-state index >= 15 is 0 Å². The number of anilines is 2. The molecule has 2 aromatic rings. The first-order valence-electron chi connectivity index (χ1n) is 5.66. The zero-order valence-corrected chi connectivity index (χ0v) is 10.4. The second kappa shape index (κ2) is 5.39. The summed E-state index contributed by atoms with van der Waals surface area (Å²) in [5.41, 5.74) is 4.02. The Labute approximate surface area is 116 Å². The van der Waals surface area contributed by atoms with Gasteiger partial charge < -0.3 is 11.1 Å². The van der Waals surface area contributed by atoms with Crippen molar-refractivity contribution in [2.24, 2.45) is 0 Å². The number of nitrogens with one attached hydrogen (secondary N) is 1. The van der Waals surface area contributed by atoms with Crippen molar-refractivity contribution in [1.29, 1.82) is 0 Å². The fraction of sp³-hybridized carbons (Fsp3) is 0.0769. The highest BCUT2D eigenvalue weighted by Crippen LogP contribution is 2.33. The molecule has 0 saturated heterocycles. The minimum Gasteiger partial charge on any atom is -0.397 e. The van der Waals surface area contributed by atoms with Crippen LogP contribution in [0.25, 0.3) is 0 Å². The highest BCUT2D eigenvalue weighted by atomic mass is 19.4. The van der Waals surface area contributed by atoms with Crippen LogP contribution in [0.3, 0.4) is 0 Å². The molecule has 0 aliphatic heterocycles. The van der Waals surface area contributed by atoms with E-state index in [1.54, 1.807) is 0 Å². The summed E-state index contributed by atoms with van der Waals surface area (Å²) in [7, 11) is 0. The number of alkyl halides is 3. The third-order valence-corrected chi connectivity index (χ3v) is 2.63. The molecule has 0 spiro atoms. The summed E-state index contributed by atoms with van der Waals surface area (Å²) < 4.78 is 50.8. The maximum absolute atomic E-state index is 13.1. The molecule has 110 valence electrons. The quantitative estimate of drug-likeness (QED) is 0.837. The fourth-order valence-electron chi connectivity index (χ4n) is 1.63. The van der Waals surface area contributed by atoms with Crippen molar-refractivity contribution in [3.05, 3.63) is 53.6 Å². The van der Waals surface area contributed by atoms with E-state index in [9.17, 15) is 22.4 Å². The van der Waals surface area contributed by atoms with Crippen LogP contribution in [0.5, 0.6) is 0 Å². The molecule has 2 rings (SSSR count). The summed E-state index contributed by atoms with van der Waals surface area (Å²) in [4.78, 5) is 15.6. The van der Waals surface area contributed by atoms with Gasteiger partial charge >= 0.3 is 6.18 Å². The number of nitrogen functional groups attached to an aromatic ring is 1. The Morgan fingerprint density at radius 2 is 1.95 bits per heavy atom. The van der Waals surface area contributed by atoms with Crippen molar-refractivity contribution in [2.75, 3.05) is 11.1 Å². The van der Waals surface area contributed by atoms with E-state index in [-0.39, 0.29) is 16.9 Å². The van der Waals surface area contributed by atoms with Gasteiger partial charge in [-0.15, -0.1) is 0 Å². The van der Waals surface area contributed by atoms with Gasteiger partial charge in [-0.05, 0) is 24.3 Å². The molecular weight excluding hydrogens is 290 g/mol. The van der Waals surface area contributed by atoms with Crippen LogP contribution in [-0.2, 0) is 6.18 Å². The number of carbonyl (C=O) groups excluding carboxylic acids is 1. The van der Waals surface area contributed by atoms with Crippen LogP contribution in [0.2, 0.25) is 0 Å². The van der Waals surface area contributed by atoms with Gasteiger partial charge in [-0.1, -0.05) is 0 Å². The van der Waals surface area contributed by atoms with Crippen LogP contribution >= 0.6 is 0 Å². The Balaban J connectivity index is 2.29. The molecule has 1 aromatic carbocycles. The van der Waals surface area contributed by atoms with Gasteiger partial charge in [-0.3, -0.25) is 9.78 Å². The second-order valence-electron chi connectivity index (χ2n) is 4.11. The van der Waals surface area contributed by atoms with Crippen molar-refractivity contribution >= 4 is 17.3 Å². The molecule has 8 heteroatoms. The van der Waals surface area contributed by atoms with E-state index in [4.69, 9.17) is 5.73 Å². The molecule has 1 heterocycles. The Morgan fingerprint density at radius 1 is 1.24 bits per heavy atom. The van der Waals surface area contributed by atoms with E-state index in [2.05, 4.69) is 10.3 Å². The number of nitrogens with zero attached hydrogens (tertiary/aromatic N) is 1. The Kier molecular flexibility index (Phi) is 3.79. The number of pyridine rings is 1. The SMILES string of the molecule is Nc1cnccc1C(=O)Nc1ccc(F)c(C(F)(F)F)c1. The minimum atomic E-state index is -4.85. The molecule has 3 N–H and O–H groups in total. The molecule has 0 fully saturated rings. The fourth-order valence-corrected chi connectivity index (χ4v) is 1.63. The molecule has 0 bridgehead atoms. The van der Waals surface area contributed by atoms with Gasteiger partial charge in [0.05, 0.1) is 23.0 Å². The number of hydrogen-bond acceptors (Lipinski definition) is 3. The van der Waals surface area contributed by atoms with Crippen LogP contribution in [0.15, 0.2) is 36.7 Å². The lowest BCUT2D eigenvalue weighted by atomic mass is 10.1. The number of halogens is 4. The summed E-state index contributed by atoms with van der Waals surface area (Å²) in [6, 6.07) is 3.50. The van der Waals surface area contributed by atoms with Gasteiger partial charge in [0.2, 0.25) is 0 Å². The van der Waals surface area contributed by atoms with Crippen molar-refractivity contribution in [1.82, 2.24) is 4.98 Å². The molecule has 0 unspecified atom stereocenters. The van der Waals surface area contributed by atoms with Crippen molar-refractivity contribution in [3.8, 4) is 0 Å². The number of rotatable bonds is 2. The molecular formula is C13H9F4N3O. The lowest BCUT2D eigenvalue weighted by molar-refractivity contribution is -0.139. The van der Waals surface area contributed by atoms with Gasteiger partial charge in [-0.2, -0.15) is 13.2 Å². The molecule has 0 atom stereocenters. The highest BCUT2D eigenvalue weighted by molar-refractivity contribution is 6.07. The van der Waals surface area contributed by atoms with Crippen LogP contribution in [-0.4, -0.2) is 10.9 Å². The predicted molar refractivity (Wildman–Crippen MR) is 68.0 cm³/mol. The molecule has 21 heavy (non-hydrogen) atoms. The van der Waals surface area contributed by atoms with E-state index in [0.29, 0.717) is 12.1 Å². The first-order valence-corrected chi connectivity index (χ1v) is 5.66. The van der Waals surface area contributed by atoms with Gasteiger partial charge in [0, 0.05) is 11.9 Å². The number of carbonyl (C=O) groups is 1. The molecule has 0 aliphatic rings. The first kappa shape index (κ1) is 14.8. The van der Waals surface area contributed by atoms with E-state index in [0.717, 1.165) is 6.07 Å². The zero-order chi connectivity index (χ0) is 15.6. The molecule has 0 saturated carbocycles. The highest BCUT2D eigenvalue weighted by Gasteiger charge is 2.34. The maximum atomic E-state index is 13.1. The number of aromatic nitrogens is 1. The molecule has 4 nitrogen and oxygen atoms in total. The summed E-state index contributed by atoms with van der Waals surface area (Å²) in [6.07, 6.45) is -2.29. The average molecular weight is 299 g/mol. The summed E-state index contributed by atoms with van der Waals surface area (Å²) >= 11 is 0. The van der Waals surface area contributed by atoms with Crippen molar-refractivity contribution < 1.29 is 22.4 Å².